The van der Waals surface area contributed by atoms with Gasteiger partial charge >= 0.3 is 0 Å². The Balaban J connectivity index is 1.76. The minimum atomic E-state index is -3.95. The Labute approximate surface area is 156 Å². The molecule has 2 aromatic rings. The molecule has 0 unspecified atom stereocenters. The first kappa shape index (κ1) is 19.4. The molecule has 6 nitrogen and oxygen atoms in total. The number of halogens is 2. The number of amides is 1. The molecule has 2 heterocycles. The fraction of sp³-hybridized carbons (Fsp3) is 0.333. The van der Waals surface area contributed by atoms with Gasteiger partial charge in [-0.3, -0.25) is 9.78 Å². The number of nitrogens with one attached hydrogen (secondary N) is 1. The number of carbonyl (C=O) groups excluding carboxylic acids is 1. The Morgan fingerprint density at radius 2 is 1.81 bits per heavy atom. The lowest BCUT2D eigenvalue weighted by molar-refractivity contribution is -0.124. The van der Waals surface area contributed by atoms with E-state index < -0.39 is 33.6 Å². The second-order valence-electron chi connectivity index (χ2n) is 6.42. The molecule has 1 aromatic carbocycles. The molecule has 1 fully saturated rings. The normalized spacial score (nSPS) is 20.6. The fourth-order valence-corrected chi connectivity index (χ4v) is 4.99. The first-order chi connectivity index (χ1) is 12.8. The highest BCUT2D eigenvalue weighted by Gasteiger charge is 2.43. The van der Waals surface area contributed by atoms with Gasteiger partial charge in [-0.15, -0.1) is 0 Å². The maximum absolute atomic E-state index is 13.1. The summed E-state index contributed by atoms with van der Waals surface area (Å²) in [7, 11) is -3.95. The molecule has 0 bridgehead atoms. The van der Waals surface area contributed by atoms with Crippen LogP contribution in [-0.2, 0) is 21.4 Å². The van der Waals surface area contributed by atoms with Gasteiger partial charge in [0.05, 0.1) is 23.3 Å². The Hall–Kier alpha value is -2.39. The lowest BCUT2D eigenvalue weighted by atomic mass is 10.2. The van der Waals surface area contributed by atoms with Crippen LogP contribution in [0.1, 0.15) is 25.5 Å². The summed E-state index contributed by atoms with van der Waals surface area (Å²) in [6, 6.07) is 5.97. The fourth-order valence-electron chi connectivity index (χ4n) is 3.15. The standard InChI is InChI=1S/C18H19F2N3O3S/c1-12-2-9-17(18(24)22-11-15-6-3-14(20)10-21-15)23(12)27(25,26)16-7-4-13(19)5-8-16/h3-8,10,12,17H,2,9,11H2,1H3,(H,22,24)/t12-,17-/m0/s1. The smallest absolute Gasteiger partial charge is 0.244 e. The SMILES string of the molecule is C[C@H]1CC[C@@H](C(=O)NCc2ccc(F)cn2)N1S(=O)(=O)c1ccc(F)cc1. The lowest BCUT2D eigenvalue weighted by Gasteiger charge is -2.27. The van der Waals surface area contributed by atoms with E-state index in [0.29, 0.717) is 18.5 Å². The van der Waals surface area contributed by atoms with Crippen LogP contribution in [0.3, 0.4) is 0 Å². The average Bonchev–Trinajstić information content (AvgIpc) is 3.04. The van der Waals surface area contributed by atoms with Gasteiger partial charge in [-0.05, 0) is 56.2 Å². The molecule has 1 amide bonds. The first-order valence-corrected chi connectivity index (χ1v) is 9.90. The van der Waals surface area contributed by atoms with Crippen molar-refractivity contribution in [3.8, 4) is 0 Å². The Kier molecular flexibility index (Phi) is 5.52. The number of aromatic nitrogens is 1. The van der Waals surface area contributed by atoms with Crippen molar-refractivity contribution >= 4 is 15.9 Å². The second-order valence-corrected chi connectivity index (χ2v) is 8.26. The minimum absolute atomic E-state index is 0.0596. The van der Waals surface area contributed by atoms with Crippen molar-refractivity contribution in [3.63, 3.8) is 0 Å². The molecule has 0 spiro atoms. The van der Waals surface area contributed by atoms with Crippen LogP contribution in [0.15, 0.2) is 47.5 Å². The van der Waals surface area contributed by atoms with E-state index in [9.17, 15) is 22.0 Å². The number of benzene rings is 1. The van der Waals surface area contributed by atoms with Gasteiger partial charge in [-0.1, -0.05) is 0 Å². The van der Waals surface area contributed by atoms with E-state index in [1.165, 1.54) is 28.6 Å². The maximum Gasteiger partial charge on any atom is 0.244 e. The quantitative estimate of drug-likeness (QED) is 0.842. The third kappa shape index (κ3) is 4.14. The predicted octanol–water partition coefficient (Wildman–Crippen LogP) is 2.22. The van der Waals surface area contributed by atoms with Crippen LogP contribution in [0.4, 0.5) is 8.78 Å². The first-order valence-electron chi connectivity index (χ1n) is 8.46. The van der Waals surface area contributed by atoms with Gasteiger partial charge in [0, 0.05) is 6.04 Å². The van der Waals surface area contributed by atoms with Crippen molar-refractivity contribution in [3.05, 3.63) is 59.9 Å². The van der Waals surface area contributed by atoms with Gasteiger partial charge in [0.15, 0.2) is 0 Å². The van der Waals surface area contributed by atoms with Gasteiger partial charge in [0.25, 0.3) is 0 Å². The Morgan fingerprint density at radius 3 is 2.44 bits per heavy atom. The highest BCUT2D eigenvalue weighted by atomic mass is 32.2. The maximum atomic E-state index is 13.1. The molecule has 1 saturated heterocycles. The summed E-state index contributed by atoms with van der Waals surface area (Å²) < 4.78 is 53.1. The highest BCUT2D eigenvalue weighted by Crippen LogP contribution is 2.31. The topological polar surface area (TPSA) is 79.4 Å². The van der Waals surface area contributed by atoms with Crippen molar-refractivity contribution < 1.29 is 22.0 Å². The average molecular weight is 395 g/mol. The van der Waals surface area contributed by atoms with Crippen LogP contribution < -0.4 is 5.32 Å². The van der Waals surface area contributed by atoms with Crippen LogP contribution in [-0.4, -0.2) is 35.7 Å². The summed E-state index contributed by atoms with van der Waals surface area (Å²) in [5.41, 5.74) is 0.462. The zero-order chi connectivity index (χ0) is 19.6. The summed E-state index contributed by atoms with van der Waals surface area (Å²) in [5, 5.41) is 2.65. The number of sulfonamides is 1. The molecule has 2 atom stereocenters. The van der Waals surface area contributed by atoms with E-state index in [-0.39, 0.29) is 17.5 Å². The largest absolute Gasteiger partial charge is 0.349 e. The lowest BCUT2D eigenvalue weighted by Crippen LogP contribution is -2.48. The third-order valence-electron chi connectivity index (χ3n) is 4.52. The van der Waals surface area contributed by atoms with Gasteiger partial charge < -0.3 is 5.32 Å². The van der Waals surface area contributed by atoms with E-state index in [1.54, 1.807) is 6.92 Å². The van der Waals surface area contributed by atoms with Crippen LogP contribution in [0.25, 0.3) is 0 Å². The number of carbonyl (C=O) groups is 1. The van der Waals surface area contributed by atoms with Crippen LogP contribution in [0.5, 0.6) is 0 Å². The summed E-state index contributed by atoms with van der Waals surface area (Å²) in [6.07, 6.45) is 1.96. The monoisotopic (exact) mass is 395 g/mol. The molecule has 1 N–H and O–H groups in total. The minimum Gasteiger partial charge on any atom is -0.349 e. The van der Waals surface area contributed by atoms with Gasteiger partial charge in [-0.25, -0.2) is 17.2 Å². The van der Waals surface area contributed by atoms with E-state index in [0.717, 1.165) is 18.3 Å². The second kappa shape index (κ2) is 7.69. The molecule has 1 aliphatic rings. The number of pyridine rings is 1. The number of hydrogen-bond acceptors (Lipinski definition) is 4. The van der Waals surface area contributed by atoms with Gasteiger partial charge in [-0.2, -0.15) is 4.31 Å². The molecule has 1 aromatic heterocycles. The Bertz CT molecular complexity index is 918. The van der Waals surface area contributed by atoms with Crippen molar-refractivity contribution in [2.45, 2.75) is 43.3 Å². The van der Waals surface area contributed by atoms with Gasteiger partial charge in [0.1, 0.15) is 17.7 Å². The van der Waals surface area contributed by atoms with E-state index in [1.807, 2.05) is 0 Å². The number of hydrogen-bond donors (Lipinski definition) is 1. The van der Waals surface area contributed by atoms with Crippen LogP contribution in [0.2, 0.25) is 0 Å². The summed E-state index contributed by atoms with van der Waals surface area (Å²) in [4.78, 5) is 16.4. The van der Waals surface area contributed by atoms with Crippen molar-refractivity contribution in [1.29, 1.82) is 0 Å². The molecule has 9 heteroatoms. The molecule has 1 aliphatic heterocycles. The van der Waals surface area contributed by atoms with Gasteiger partial charge in [0.2, 0.25) is 15.9 Å². The molecule has 3 rings (SSSR count). The predicted molar refractivity (Wildman–Crippen MR) is 94.0 cm³/mol. The van der Waals surface area contributed by atoms with E-state index >= 15 is 0 Å². The molecule has 0 saturated carbocycles. The molecule has 144 valence electrons. The number of rotatable bonds is 5. The third-order valence-corrected chi connectivity index (χ3v) is 6.56. The number of nitrogens with zero attached hydrogens (tertiary/aromatic N) is 2. The zero-order valence-corrected chi connectivity index (χ0v) is 15.4. The van der Waals surface area contributed by atoms with E-state index in [4.69, 9.17) is 0 Å². The molecule has 0 radical (unpaired) electrons. The van der Waals surface area contributed by atoms with Crippen LogP contribution >= 0.6 is 0 Å². The summed E-state index contributed by atoms with van der Waals surface area (Å²) in [5.74, 6) is -1.47. The molecular formula is C18H19F2N3O3S. The molecule has 27 heavy (non-hydrogen) atoms. The molecular weight excluding hydrogens is 376 g/mol. The highest BCUT2D eigenvalue weighted by molar-refractivity contribution is 7.89. The van der Waals surface area contributed by atoms with E-state index in [2.05, 4.69) is 10.3 Å². The Morgan fingerprint density at radius 1 is 1.15 bits per heavy atom. The molecule has 0 aliphatic carbocycles. The summed E-state index contributed by atoms with van der Waals surface area (Å²) in [6.45, 7) is 1.80. The van der Waals surface area contributed by atoms with Crippen molar-refractivity contribution in [2.75, 3.05) is 0 Å². The van der Waals surface area contributed by atoms with Crippen molar-refractivity contribution in [2.24, 2.45) is 0 Å². The zero-order valence-electron chi connectivity index (χ0n) is 14.6. The van der Waals surface area contributed by atoms with Crippen LogP contribution in [0, 0.1) is 11.6 Å². The summed E-state index contributed by atoms with van der Waals surface area (Å²) >= 11 is 0. The van der Waals surface area contributed by atoms with Crippen molar-refractivity contribution in [1.82, 2.24) is 14.6 Å².